The predicted octanol–water partition coefficient (Wildman–Crippen LogP) is -0.891. The molecule has 2 aliphatic heterocycles. The minimum atomic E-state index is -1.36. The van der Waals surface area contributed by atoms with Gasteiger partial charge in [-0.3, -0.25) is 9.69 Å². The Labute approximate surface area is 165 Å². The zero-order valence-corrected chi connectivity index (χ0v) is 17.4. The number of nitrogens with two attached hydrogens (primary N) is 1. The number of rotatable bonds is 7. The lowest BCUT2D eigenvalue weighted by atomic mass is 9.91. The molecule has 0 saturated carbocycles. The molecule has 0 spiro atoms. The number of amides is 1. The molecule has 2 heterocycles. The highest BCUT2D eigenvalue weighted by Crippen LogP contribution is 2.30. The Hall–Kier alpha value is -0.420. The van der Waals surface area contributed by atoms with Crippen molar-refractivity contribution in [3.05, 3.63) is 0 Å². The summed E-state index contributed by atoms with van der Waals surface area (Å²) in [5.41, 5.74) is 5.38. The molecule has 0 bridgehead atoms. The highest BCUT2D eigenvalue weighted by Gasteiger charge is 2.48. The molecule has 0 aliphatic carbocycles. The van der Waals surface area contributed by atoms with E-state index in [0.29, 0.717) is 5.92 Å². The lowest BCUT2D eigenvalue weighted by Gasteiger charge is -2.44. The summed E-state index contributed by atoms with van der Waals surface area (Å²) in [5, 5.41) is 33.6. The molecule has 9 heteroatoms. The highest BCUT2D eigenvalue weighted by molar-refractivity contribution is 7.99. The van der Waals surface area contributed by atoms with Gasteiger partial charge >= 0.3 is 0 Å². The third-order valence-corrected chi connectivity index (χ3v) is 6.56. The fraction of sp³-hybridized carbons (Fsp3) is 0.944. The molecule has 6 N–H and O–H groups in total. The van der Waals surface area contributed by atoms with Crippen molar-refractivity contribution in [2.24, 2.45) is 11.7 Å². The van der Waals surface area contributed by atoms with E-state index in [-0.39, 0.29) is 11.9 Å². The fourth-order valence-corrected chi connectivity index (χ4v) is 4.85. The number of carbonyl (C=O) groups excluding carboxylic acids is 1. The van der Waals surface area contributed by atoms with Crippen LogP contribution in [0.3, 0.4) is 0 Å². The first kappa shape index (κ1) is 22.9. The van der Waals surface area contributed by atoms with Crippen LogP contribution in [-0.2, 0) is 9.53 Å². The summed E-state index contributed by atoms with van der Waals surface area (Å²) < 4.78 is 5.80. The summed E-state index contributed by atoms with van der Waals surface area (Å²) in [6, 6.07) is -1.42. The second-order valence-electron chi connectivity index (χ2n) is 7.92. The molecule has 2 fully saturated rings. The molecule has 2 aliphatic rings. The van der Waals surface area contributed by atoms with Crippen LogP contribution in [0.5, 0.6) is 0 Å². The maximum Gasteiger partial charge on any atom is 0.237 e. The molecule has 9 atom stereocenters. The lowest BCUT2D eigenvalue weighted by Crippen LogP contribution is -2.66. The number of nitrogens with zero attached hydrogens (tertiary/aromatic N) is 1. The predicted molar refractivity (Wildman–Crippen MR) is 105 cm³/mol. The van der Waals surface area contributed by atoms with Crippen molar-refractivity contribution in [1.29, 1.82) is 0 Å². The number of aliphatic hydroxyl groups is 3. The average molecular weight is 406 g/mol. The van der Waals surface area contributed by atoms with E-state index in [0.717, 1.165) is 25.8 Å². The topological polar surface area (TPSA) is 128 Å². The van der Waals surface area contributed by atoms with Gasteiger partial charge in [-0.25, -0.2) is 0 Å². The van der Waals surface area contributed by atoms with Gasteiger partial charge in [0.15, 0.2) is 0 Å². The van der Waals surface area contributed by atoms with Crippen molar-refractivity contribution in [2.45, 2.75) is 81.1 Å². The molecule has 2 unspecified atom stereocenters. The Balaban J connectivity index is 2.09. The summed E-state index contributed by atoms with van der Waals surface area (Å²) in [6.07, 6.45) is -0.0747. The van der Waals surface area contributed by atoms with Gasteiger partial charge in [0.05, 0.1) is 12.1 Å². The molecule has 8 nitrogen and oxygen atoms in total. The van der Waals surface area contributed by atoms with E-state index in [9.17, 15) is 20.1 Å². The average Bonchev–Trinajstić information content (AvgIpc) is 2.99. The number of likely N-dealkylation sites (N-methyl/N-ethyl adjacent to an activating group) is 1. The van der Waals surface area contributed by atoms with Crippen LogP contribution in [0.15, 0.2) is 0 Å². The van der Waals surface area contributed by atoms with E-state index in [2.05, 4.69) is 17.1 Å². The number of aliphatic hydroxyl groups excluding tert-OH is 3. The Bertz CT molecular complexity index is 496. The Morgan fingerprint density at radius 3 is 2.56 bits per heavy atom. The van der Waals surface area contributed by atoms with E-state index in [1.165, 1.54) is 11.8 Å². The quantitative estimate of drug-likeness (QED) is 0.369. The maximum absolute atomic E-state index is 12.9. The van der Waals surface area contributed by atoms with E-state index in [4.69, 9.17) is 10.5 Å². The molecule has 0 aromatic heterocycles. The second-order valence-corrected chi connectivity index (χ2v) is 8.85. The van der Waals surface area contributed by atoms with Gasteiger partial charge in [0.25, 0.3) is 0 Å². The minimum Gasteiger partial charge on any atom is -0.388 e. The number of hydrogen-bond acceptors (Lipinski definition) is 8. The van der Waals surface area contributed by atoms with Gasteiger partial charge in [0, 0.05) is 12.6 Å². The first-order valence-electron chi connectivity index (χ1n) is 9.69. The number of ether oxygens (including phenoxy) is 1. The smallest absolute Gasteiger partial charge is 0.237 e. The highest BCUT2D eigenvalue weighted by atomic mass is 32.2. The number of carbonyl (C=O) groups is 1. The van der Waals surface area contributed by atoms with Crippen molar-refractivity contribution in [3.63, 3.8) is 0 Å². The Morgan fingerprint density at radius 1 is 1.33 bits per heavy atom. The van der Waals surface area contributed by atoms with Gasteiger partial charge in [-0.1, -0.05) is 13.3 Å². The number of likely N-dealkylation sites (tertiary alicyclic amines) is 1. The molecular weight excluding hydrogens is 370 g/mol. The van der Waals surface area contributed by atoms with E-state index in [1.807, 2.05) is 7.05 Å². The van der Waals surface area contributed by atoms with Crippen molar-refractivity contribution in [3.8, 4) is 0 Å². The lowest BCUT2D eigenvalue weighted by molar-refractivity contribution is -0.206. The maximum atomic E-state index is 12.9. The zero-order valence-electron chi connectivity index (χ0n) is 16.6. The fourth-order valence-electron chi connectivity index (χ4n) is 4.17. The van der Waals surface area contributed by atoms with Crippen LogP contribution < -0.4 is 11.1 Å². The molecule has 0 radical (unpaired) electrons. The van der Waals surface area contributed by atoms with Crippen LogP contribution in [0.1, 0.15) is 33.1 Å². The normalized spacial score (nSPS) is 39.9. The standard InChI is InChI=1S/C18H35N3O5S/c1-5-6-10-7-11(21(3)8-10)17(25)20-12(9(2)19)16-14(23)13(22)15(24)18(26-16)27-4/h9-16,18,22-24H,5-8,19H2,1-4H3,(H,20,25)/t9-,10+,11-,12+,13+,14?,15+,16+,18?/m0/s1. The minimum absolute atomic E-state index is 0.143. The van der Waals surface area contributed by atoms with Crippen LogP contribution in [0.25, 0.3) is 0 Å². The third-order valence-electron chi connectivity index (χ3n) is 5.70. The van der Waals surface area contributed by atoms with Gasteiger partial charge < -0.3 is 31.1 Å². The number of hydrogen-bond donors (Lipinski definition) is 5. The van der Waals surface area contributed by atoms with Crippen LogP contribution in [0, 0.1) is 5.92 Å². The molecule has 0 aromatic rings. The summed E-state index contributed by atoms with van der Waals surface area (Å²) >= 11 is 1.24. The van der Waals surface area contributed by atoms with Gasteiger partial charge in [0.1, 0.15) is 29.9 Å². The molecule has 0 aromatic carbocycles. The van der Waals surface area contributed by atoms with Crippen molar-refractivity contribution < 1.29 is 24.9 Å². The van der Waals surface area contributed by atoms with Gasteiger partial charge in [-0.2, -0.15) is 0 Å². The monoisotopic (exact) mass is 405 g/mol. The summed E-state index contributed by atoms with van der Waals surface area (Å²) in [7, 11) is 1.94. The SMILES string of the molecule is CCC[C@@H]1C[C@@H](C(=O)N[C@H]([C@H](C)N)[C@H]2OC(SC)[C@H](O)[C@H](O)C2O)N(C)C1. The zero-order chi connectivity index (χ0) is 20.3. The third kappa shape index (κ3) is 5.14. The second kappa shape index (κ2) is 9.87. The number of thioether (sulfide) groups is 1. The van der Waals surface area contributed by atoms with Gasteiger partial charge in [-0.15, -0.1) is 11.8 Å². The van der Waals surface area contributed by atoms with Gasteiger partial charge in [0.2, 0.25) is 5.91 Å². The first-order chi connectivity index (χ1) is 12.7. The molecule has 1 amide bonds. The summed E-state index contributed by atoms with van der Waals surface area (Å²) in [6.45, 7) is 4.75. The molecular formula is C18H35N3O5S. The molecule has 2 rings (SSSR count). The van der Waals surface area contributed by atoms with Crippen LogP contribution in [0.2, 0.25) is 0 Å². The Morgan fingerprint density at radius 2 is 2.00 bits per heavy atom. The van der Waals surface area contributed by atoms with Gasteiger partial charge in [-0.05, 0) is 39.0 Å². The Kier molecular flexibility index (Phi) is 8.35. The molecule has 2 saturated heterocycles. The van der Waals surface area contributed by atoms with Crippen LogP contribution in [0.4, 0.5) is 0 Å². The molecule has 27 heavy (non-hydrogen) atoms. The first-order valence-corrected chi connectivity index (χ1v) is 11.0. The van der Waals surface area contributed by atoms with Crippen molar-refractivity contribution >= 4 is 17.7 Å². The number of nitrogens with one attached hydrogen (secondary N) is 1. The summed E-state index contributed by atoms with van der Waals surface area (Å²) in [5.74, 6) is 0.356. The van der Waals surface area contributed by atoms with E-state index in [1.54, 1.807) is 13.2 Å². The van der Waals surface area contributed by atoms with Crippen molar-refractivity contribution in [2.75, 3.05) is 19.8 Å². The van der Waals surface area contributed by atoms with E-state index < -0.39 is 41.9 Å². The van der Waals surface area contributed by atoms with Crippen LogP contribution in [-0.4, -0.2) is 94.0 Å². The van der Waals surface area contributed by atoms with Crippen LogP contribution >= 0.6 is 11.8 Å². The van der Waals surface area contributed by atoms with E-state index >= 15 is 0 Å². The molecule has 158 valence electrons. The largest absolute Gasteiger partial charge is 0.388 e. The van der Waals surface area contributed by atoms with Crippen molar-refractivity contribution in [1.82, 2.24) is 10.2 Å². The summed E-state index contributed by atoms with van der Waals surface area (Å²) in [4.78, 5) is 15.0.